The third-order valence-corrected chi connectivity index (χ3v) is 3.60. The van der Waals surface area contributed by atoms with Crippen molar-refractivity contribution in [3.8, 4) is 0 Å². The maximum Gasteiger partial charge on any atom is 0.251 e. The second kappa shape index (κ2) is 7.22. The predicted octanol–water partition coefficient (Wildman–Crippen LogP) is 2.34. The van der Waals surface area contributed by atoms with Crippen molar-refractivity contribution in [1.82, 2.24) is 15.5 Å². The molecular weight excluding hydrogens is 266 g/mol. The Morgan fingerprint density at radius 1 is 1.43 bits per heavy atom. The first-order valence-corrected chi connectivity index (χ1v) is 7.42. The van der Waals surface area contributed by atoms with Gasteiger partial charge in [-0.15, -0.1) is 0 Å². The van der Waals surface area contributed by atoms with Crippen molar-refractivity contribution < 1.29 is 9.90 Å². The first-order valence-electron chi connectivity index (χ1n) is 7.42. The Morgan fingerprint density at radius 2 is 2.24 bits per heavy atom. The fourth-order valence-corrected chi connectivity index (χ4v) is 2.58. The van der Waals surface area contributed by atoms with Gasteiger partial charge in [0.1, 0.15) is 0 Å². The second-order valence-electron chi connectivity index (χ2n) is 5.89. The molecule has 1 atom stereocenters. The molecule has 5 nitrogen and oxygen atoms in total. The minimum atomic E-state index is -0.0789. The van der Waals surface area contributed by atoms with Crippen LogP contribution >= 0.6 is 0 Å². The van der Waals surface area contributed by atoms with E-state index < -0.39 is 0 Å². The molecule has 1 aromatic carbocycles. The van der Waals surface area contributed by atoms with E-state index in [4.69, 9.17) is 5.11 Å². The summed E-state index contributed by atoms with van der Waals surface area (Å²) < 4.78 is 0. The molecule has 0 fully saturated rings. The van der Waals surface area contributed by atoms with Crippen molar-refractivity contribution in [2.75, 3.05) is 13.2 Å². The van der Waals surface area contributed by atoms with Crippen LogP contribution < -0.4 is 5.32 Å². The van der Waals surface area contributed by atoms with E-state index in [9.17, 15) is 4.79 Å². The van der Waals surface area contributed by atoms with Crippen LogP contribution in [0.4, 0.5) is 0 Å². The number of nitrogens with zero attached hydrogens (tertiary/aromatic N) is 1. The van der Waals surface area contributed by atoms with Gasteiger partial charge in [-0.25, -0.2) is 0 Å². The number of hydrogen-bond donors (Lipinski definition) is 3. The zero-order chi connectivity index (χ0) is 15.2. The van der Waals surface area contributed by atoms with Crippen LogP contribution in [0.3, 0.4) is 0 Å². The Hall–Kier alpha value is -1.88. The average Bonchev–Trinajstić information content (AvgIpc) is 2.91. The number of hydrogen-bond acceptors (Lipinski definition) is 3. The first kappa shape index (κ1) is 15.5. The standard InChI is InChI=1S/C16H23N3O2/c1-11(2)7-12(5-6-20)9-17-16(21)13-3-4-15-14(8-13)10-18-19-15/h3-4,8,10-12,20H,5-7,9H2,1-2H3,(H,17,21)(H,18,19). The number of amides is 1. The number of fused-ring (bicyclic) bond motifs is 1. The molecule has 0 aliphatic heterocycles. The molecule has 1 heterocycles. The molecule has 0 spiro atoms. The van der Waals surface area contributed by atoms with Crippen LogP contribution in [0.15, 0.2) is 24.4 Å². The third-order valence-electron chi connectivity index (χ3n) is 3.60. The highest BCUT2D eigenvalue weighted by Gasteiger charge is 2.13. The Bertz CT molecular complexity index is 592. The van der Waals surface area contributed by atoms with Gasteiger partial charge >= 0.3 is 0 Å². The van der Waals surface area contributed by atoms with Crippen LogP contribution in [0.5, 0.6) is 0 Å². The normalized spacial score (nSPS) is 12.8. The van der Waals surface area contributed by atoms with Gasteiger partial charge in [0.2, 0.25) is 0 Å². The van der Waals surface area contributed by atoms with Crippen LogP contribution in [0, 0.1) is 11.8 Å². The van der Waals surface area contributed by atoms with E-state index in [-0.39, 0.29) is 12.5 Å². The van der Waals surface area contributed by atoms with Crippen LogP contribution in [0.25, 0.3) is 10.9 Å². The summed E-state index contributed by atoms with van der Waals surface area (Å²) >= 11 is 0. The number of aliphatic hydroxyl groups excluding tert-OH is 1. The number of aliphatic hydroxyl groups is 1. The van der Waals surface area contributed by atoms with Gasteiger partial charge in [0, 0.05) is 24.1 Å². The molecule has 1 unspecified atom stereocenters. The summed E-state index contributed by atoms with van der Waals surface area (Å²) in [5, 5.41) is 19.8. The van der Waals surface area contributed by atoms with Crippen molar-refractivity contribution in [2.45, 2.75) is 26.7 Å². The van der Waals surface area contributed by atoms with Gasteiger partial charge in [-0.1, -0.05) is 13.8 Å². The van der Waals surface area contributed by atoms with Gasteiger partial charge < -0.3 is 10.4 Å². The molecule has 0 aliphatic carbocycles. The number of aromatic nitrogens is 2. The number of benzene rings is 1. The van der Waals surface area contributed by atoms with Crippen molar-refractivity contribution in [3.63, 3.8) is 0 Å². The topological polar surface area (TPSA) is 78.0 Å². The van der Waals surface area contributed by atoms with Gasteiger partial charge in [0.25, 0.3) is 5.91 Å². The molecule has 1 amide bonds. The summed E-state index contributed by atoms with van der Waals surface area (Å²) in [6, 6.07) is 5.48. The molecule has 0 aliphatic rings. The van der Waals surface area contributed by atoms with Gasteiger partial charge in [-0.3, -0.25) is 9.89 Å². The van der Waals surface area contributed by atoms with Crippen molar-refractivity contribution in [1.29, 1.82) is 0 Å². The maximum absolute atomic E-state index is 12.2. The highest BCUT2D eigenvalue weighted by molar-refractivity contribution is 5.97. The van der Waals surface area contributed by atoms with Crippen LogP contribution in [0.2, 0.25) is 0 Å². The van der Waals surface area contributed by atoms with Gasteiger partial charge in [0.15, 0.2) is 0 Å². The van der Waals surface area contributed by atoms with E-state index in [1.807, 2.05) is 12.1 Å². The lowest BCUT2D eigenvalue weighted by Crippen LogP contribution is -2.30. The van der Waals surface area contributed by atoms with Crippen LogP contribution in [-0.2, 0) is 0 Å². The Labute approximate surface area is 124 Å². The van der Waals surface area contributed by atoms with Crippen molar-refractivity contribution in [2.24, 2.45) is 11.8 Å². The zero-order valence-electron chi connectivity index (χ0n) is 12.6. The summed E-state index contributed by atoms with van der Waals surface area (Å²) in [6.45, 7) is 5.06. The molecule has 0 bridgehead atoms. The van der Waals surface area contributed by atoms with Gasteiger partial charge in [-0.2, -0.15) is 5.10 Å². The maximum atomic E-state index is 12.2. The van der Waals surface area contributed by atoms with E-state index in [0.29, 0.717) is 23.9 Å². The summed E-state index contributed by atoms with van der Waals surface area (Å²) in [7, 11) is 0. The number of aromatic amines is 1. The fraction of sp³-hybridized carbons (Fsp3) is 0.500. The highest BCUT2D eigenvalue weighted by atomic mass is 16.3. The lowest BCUT2D eigenvalue weighted by atomic mass is 9.94. The summed E-state index contributed by atoms with van der Waals surface area (Å²) in [5.41, 5.74) is 1.56. The largest absolute Gasteiger partial charge is 0.396 e. The van der Waals surface area contributed by atoms with Crippen LogP contribution in [0.1, 0.15) is 37.0 Å². The van der Waals surface area contributed by atoms with E-state index in [0.717, 1.165) is 23.7 Å². The Balaban J connectivity index is 1.96. The minimum absolute atomic E-state index is 0.0789. The molecule has 2 rings (SSSR count). The molecule has 2 aromatic rings. The zero-order valence-corrected chi connectivity index (χ0v) is 12.6. The first-order chi connectivity index (χ1) is 10.1. The van der Waals surface area contributed by atoms with Gasteiger partial charge in [-0.05, 0) is 42.9 Å². The quantitative estimate of drug-likeness (QED) is 0.732. The van der Waals surface area contributed by atoms with Crippen molar-refractivity contribution in [3.05, 3.63) is 30.0 Å². The SMILES string of the molecule is CC(C)CC(CCO)CNC(=O)c1ccc2[nH]ncc2c1. The molecule has 0 saturated carbocycles. The molecular formula is C16H23N3O2. The van der Waals surface area contributed by atoms with E-state index in [2.05, 4.69) is 29.4 Å². The molecule has 1 aromatic heterocycles. The highest BCUT2D eigenvalue weighted by Crippen LogP contribution is 2.15. The fourth-order valence-electron chi connectivity index (χ4n) is 2.58. The average molecular weight is 289 g/mol. The lowest BCUT2D eigenvalue weighted by Gasteiger charge is -2.18. The Morgan fingerprint density at radius 3 is 2.95 bits per heavy atom. The monoisotopic (exact) mass is 289 g/mol. The molecule has 21 heavy (non-hydrogen) atoms. The summed E-state index contributed by atoms with van der Waals surface area (Å²) in [5.74, 6) is 0.794. The number of rotatable bonds is 7. The van der Waals surface area contributed by atoms with Crippen molar-refractivity contribution >= 4 is 16.8 Å². The van der Waals surface area contributed by atoms with Crippen LogP contribution in [-0.4, -0.2) is 34.4 Å². The number of carbonyl (C=O) groups is 1. The molecule has 0 saturated heterocycles. The minimum Gasteiger partial charge on any atom is -0.396 e. The third kappa shape index (κ3) is 4.29. The number of carbonyl (C=O) groups excluding carboxylic acids is 1. The van der Waals surface area contributed by atoms with Gasteiger partial charge in [0.05, 0.1) is 11.7 Å². The molecule has 114 valence electrons. The molecule has 0 radical (unpaired) electrons. The molecule has 3 N–H and O–H groups in total. The second-order valence-corrected chi connectivity index (χ2v) is 5.89. The van der Waals surface area contributed by atoms with E-state index in [1.54, 1.807) is 12.3 Å². The van der Waals surface area contributed by atoms with E-state index >= 15 is 0 Å². The summed E-state index contributed by atoms with van der Waals surface area (Å²) in [6.07, 6.45) is 3.43. The molecule has 5 heteroatoms. The number of nitrogens with one attached hydrogen (secondary N) is 2. The smallest absolute Gasteiger partial charge is 0.251 e. The lowest BCUT2D eigenvalue weighted by molar-refractivity contribution is 0.0941. The summed E-state index contributed by atoms with van der Waals surface area (Å²) in [4.78, 5) is 12.2. The predicted molar refractivity (Wildman–Crippen MR) is 83.1 cm³/mol. The van der Waals surface area contributed by atoms with E-state index in [1.165, 1.54) is 0 Å². The Kier molecular flexibility index (Phi) is 5.33. The number of H-pyrrole nitrogens is 1.